The van der Waals surface area contributed by atoms with Gasteiger partial charge in [-0.05, 0) is 43.2 Å². The number of hydrogen-bond acceptors (Lipinski definition) is 5. The number of rotatable bonds is 7. The molecule has 1 aliphatic rings. The van der Waals surface area contributed by atoms with Crippen LogP contribution in [0.1, 0.15) is 22.8 Å². The zero-order valence-electron chi connectivity index (χ0n) is 14.4. The molecule has 0 saturated carbocycles. The Bertz CT molecular complexity index is 731. The highest BCUT2D eigenvalue weighted by Gasteiger charge is 2.21. The monoisotopic (exact) mass is 341 g/mol. The van der Waals surface area contributed by atoms with Gasteiger partial charge in [-0.15, -0.1) is 0 Å². The molecule has 1 aliphatic heterocycles. The van der Waals surface area contributed by atoms with Crippen molar-refractivity contribution in [1.82, 2.24) is 0 Å². The van der Waals surface area contributed by atoms with Gasteiger partial charge in [0.1, 0.15) is 18.5 Å². The van der Waals surface area contributed by atoms with Gasteiger partial charge >= 0.3 is 5.97 Å². The van der Waals surface area contributed by atoms with Crippen LogP contribution >= 0.6 is 0 Å². The van der Waals surface area contributed by atoms with Gasteiger partial charge in [-0.2, -0.15) is 0 Å². The minimum Gasteiger partial charge on any atom is -0.491 e. The van der Waals surface area contributed by atoms with Crippen molar-refractivity contribution in [2.75, 3.05) is 31.2 Å². The predicted molar refractivity (Wildman–Crippen MR) is 96.3 cm³/mol. The lowest BCUT2D eigenvalue weighted by atomic mass is 10.2. The first-order chi connectivity index (χ1) is 12.2. The minimum absolute atomic E-state index is 0.172. The van der Waals surface area contributed by atoms with Crippen LogP contribution in [0.5, 0.6) is 5.75 Å². The molecule has 0 saturated heterocycles. The minimum atomic E-state index is -0.614. The number of esters is 1. The van der Waals surface area contributed by atoms with Crippen LogP contribution in [0.3, 0.4) is 0 Å². The largest absolute Gasteiger partial charge is 0.491 e. The normalized spacial score (nSPS) is 14.1. The summed E-state index contributed by atoms with van der Waals surface area (Å²) in [5.74, 6) is 0.175. The smallest absolute Gasteiger partial charge is 0.338 e. The number of nitrogens with zero attached hydrogens (tertiary/aromatic N) is 1. The number of fused-ring (bicyclic) bond motifs is 1. The molecule has 25 heavy (non-hydrogen) atoms. The van der Waals surface area contributed by atoms with E-state index in [2.05, 4.69) is 17.0 Å². The number of anilines is 1. The summed E-state index contributed by atoms with van der Waals surface area (Å²) < 4.78 is 10.6. The van der Waals surface area contributed by atoms with E-state index in [0.717, 1.165) is 13.0 Å². The maximum atomic E-state index is 11.7. The van der Waals surface area contributed by atoms with E-state index in [0.29, 0.717) is 24.5 Å². The number of carbonyl (C=O) groups is 1. The van der Waals surface area contributed by atoms with E-state index in [1.54, 1.807) is 31.2 Å². The second kappa shape index (κ2) is 8.03. The molecule has 3 rings (SSSR count). The van der Waals surface area contributed by atoms with Gasteiger partial charge in [0.2, 0.25) is 0 Å². The van der Waals surface area contributed by atoms with E-state index in [9.17, 15) is 9.90 Å². The maximum absolute atomic E-state index is 11.7. The second-order valence-corrected chi connectivity index (χ2v) is 6.04. The molecule has 2 aromatic rings. The van der Waals surface area contributed by atoms with Gasteiger partial charge in [-0.25, -0.2) is 4.79 Å². The second-order valence-electron chi connectivity index (χ2n) is 6.04. The number of aliphatic hydroxyl groups is 1. The quantitative estimate of drug-likeness (QED) is 0.785. The Kier molecular flexibility index (Phi) is 5.56. The van der Waals surface area contributed by atoms with E-state index in [1.165, 1.54) is 11.3 Å². The fourth-order valence-corrected chi connectivity index (χ4v) is 3.02. The average molecular weight is 341 g/mol. The lowest BCUT2D eigenvalue weighted by Crippen LogP contribution is -2.34. The number of benzene rings is 2. The molecule has 1 N–H and O–H groups in total. The molecule has 2 aromatic carbocycles. The molecule has 5 heteroatoms. The number of hydrogen-bond donors (Lipinski definition) is 1. The zero-order valence-corrected chi connectivity index (χ0v) is 14.4. The van der Waals surface area contributed by atoms with Gasteiger partial charge in [0.25, 0.3) is 0 Å². The lowest BCUT2D eigenvalue weighted by molar-refractivity contribution is 0.0525. The molecule has 0 amide bonds. The van der Waals surface area contributed by atoms with Crippen molar-refractivity contribution in [3.8, 4) is 5.75 Å². The van der Waals surface area contributed by atoms with Gasteiger partial charge in [0, 0.05) is 18.8 Å². The maximum Gasteiger partial charge on any atom is 0.338 e. The van der Waals surface area contributed by atoms with Crippen molar-refractivity contribution < 1.29 is 19.4 Å². The Hall–Kier alpha value is -2.53. The Morgan fingerprint density at radius 3 is 2.92 bits per heavy atom. The van der Waals surface area contributed by atoms with Crippen LogP contribution in [0.4, 0.5) is 5.69 Å². The third-order valence-corrected chi connectivity index (χ3v) is 4.20. The summed E-state index contributed by atoms with van der Waals surface area (Å²) in [4.78, 5) is 13.9. The zero-order chi connectivity index (χ0) is 17.6. The summed E-state index contributed by atoms with van der Waals surface area (Å²) in [5.41, 5.74) is 2.95. The third kappa shape index (κ3) is 4.31. The van der Waals surface area contributed by atoms with Gasteiger partial charge < -0.3 is 19.5 Å². The Labute approximate surface area is 147 Å². The van der Waals surface area contributed by atoms with Crippen molar-refractivity contribution in [3.63, 3.8) is 0 Å². The molecule has 0 spiro atoms. The van der Waals surface area contributed by atoms with E-state index >= 15 is 0 Å². The number of ether oxygens (including phenoxy) is 2. The standard InChI is InChI=1S/C20H23NO4/c1-2-24-20(23)16-7-5-8-18(12-16)25-14-17(22)13-21-11-10-15-6-3-4-9-19(15)21/h3-9,12,17,22H,2,10-11,13-14H2,1H3/t17-/m1/s1. The number of aliphatic hydroxyl groups excluding tert-OH is 1. The summed E-state index contributed by atoms with van der Waals surface area (Å²) >= 11 is 0. The lowest BCUT2D eigenvalue weighted by Gasteiger charge is -2.23. The van der Waals surface area contributed by atoms with Crippen molar-refractivity contribution in [3.05, 3.63) is 59.7 Å². The molecular formula is C20H23NO4. The fourth-order valence-electron chi connectivity index (χ4n) is 3.02. The molecule has 0 radical (unpaired) electrons. The van der Waals surface area contributed by atoms with E-state index in [1.807, 2.05) is 12.1 Å². The molecule has 0 unspecified atom stereocenters. The molecule has 5 nitrogen and oxygen atoms in total. The molecule has 1 atom stereocenters. The highest BCUT2D eigenvalue weighted by molar-refractivity contribution is 5.89. The Morgan fingerprint density at radius 1 is 1.24 bits per heavy atom. The highest BCUT2D eigenvalue weighted by Crippen LogP contribution is 2.27. The Morgan fingerprint density at radius 2 is 2.08 bits per heavy atom. The molecule has 0 aromatic heterocycles. The number of para-hydroxylation sites is 1. The van der Waals surface area contributed by atoms with Crippen LogP contribution < -0.4 is 9.64 Å². The molecular weight excluding hydrogens is 318 g/mol. The van der Waals surface area contributed by atoms with Crippen molar-refractivity contribution >= 4 is 11.7 Å². The van der Waals surface area contributed by atoms with Crippen LogP contribution in [-0.2, 0) is 11.2 Å². The number of β-amino-alcohol motifs (C(OH)–C–C–N with tert-alkyl or cyclic N) is 1. The van der Waals surface area contributed by atoms with E-state index in [4.69, 9.17) is 9.47 Å². The fraction of sp³-hybridized carbons (Fsp3) is 0.350. The first-order valence-corrected chi connectivity index (χ1v) is 8.58. The van der Waals surface area contributed by atoms with Crippen molar-refractivity contribution in [2.45, 2.75) is 19.4 Å². The summed E-state index contributed by atoms with van der Waals surface area (Å²) in [7, 11) is 0. The third-order valence-electron chi connectivity index (χ3n) is 4.20. The van der Waals surface area contributed by atoms with Crippen LogP contribution in [0.15, 0.2) is 48.5 Å². The summed E-state index contributed by atoms with van der Waals surface area (Å²) in [6.45, 7) is 3.71. The summed E-state index contributed by atoms with van der Waals surface area (Å²) in [6, 6.07) is 15.1. The summed E-state index contributed by atoms with van der Waals surface area (Å²) in [5, 5.41) is 10.3. The van der Waals surface area contributed by atoms with E-state index < -0.39 is 6.10 Å². The first kappa shape index (κ1) is 17.3. The highest BCUT2D eigenvalue weighted by atomic mass is 16.5. The predicted octanol–water partition coefficient (Wildman–Crippen LogP) is 2.67. The summed E-state index contributed by atoms with van der Waals surface area (Å²) in [6.07, 6.45) is 0.392. The van der Waals surface area contributed by atoms with Crippen LogP contribution in [0.25, 0.3) is 0 Å². The van der Waals surface area contributed by atoms with Crippen LogP contribution in [-0.4, -0.2) is 43.5 Å². The van der Waals surface area contributed by atoms with Gasteiger partial charge in [0.05, 0.1) is 12.2 Å². The average Bonchev–Trinajstić information content (AvgIpc) is 3.03. The molecule has 0 bridgehead atoms. The first-order valence-electron chi connectivity index (χ1n) is 8.58. The Balaban J connectivity index is 1.54. The SMILES string of the molecule is CCOC(=O)c1cccc(OC[C@H](O)CN2CCc3ccccc32)c1. The van der Waals surface area contributed by atoms with Crippen LogP contribution in [0, 0.1) is 0 Å². The van der Waals surface area contributed by atoms with Crippen molar-refractivity contribution in [2.24, 2.45) is 0 Å². The molecule has 132 valence electrons. The molecule has 0 aliphatic carbocycles. The number of carbonyl (C=O) groups excluding carboxylic acids is 1. The van der Waals surface area contributed by atoms with Gasteiger partial charge in [-0.1, -0.05) is 24.3 Å². The van der Waals surface area contributed by atoms with Gasteiger partial charge in [-0.3, -0.25) is 0 Å². The van der Waals surface area contributed by atoms with Crippen molar-refractivity contribution in [1.29, 1.82) is 0 Å². The topological polar surface area (TPSA) is 59.0 Å². The van der Waals surface area contributed by atoms with Crippen LogP contribution in [0.2, 0.25) is 0 Å². The van der Waals surface area contributed by atoms with Gasteiger partial charge in [0.15, 0.2) is 0 Å². The molecule has 1 heterocycles. The molecule has 0 fully saturated rings. The van der Waals surface area contributed by atoms with E-state index in [-0.39, 0.29) is 12.6 Å².